The number of ether oxygens (including phenoxy) is 2. The second-order valence-corrected chi connectivity index (χ2v) is 13.8. The summed E-state index contributed by atoms with van der Waals surface area (Å²) in [5.41, 5.74) is 10.1. The number of hydrogen-bond donors (Lipinski definition) is 3. The van der Waals surface area contributed by atoms with Crippen molar-refractivity contribution in [1.29, 1.82) is 0 Å². The number of benzene rings is 3. The van der Waals surface area contributed by atoms with Gasteiger partial charge < -0.3 is 30.7 Å². The number of alkyl carbamates (subject to hydrolysis) is 1. The van der Waals surface area contributed by atoms with Crippen LogP contribution in [-0.4, -0.2) is 69.3 Å². The number of hydrogen-bond acceptors (Lipinski definition) is 7. The van der Waals surface area contributed by atoms with Crippen LogP contribution in [0.4, 0.5) is 10.5 Å². The minimum atomic E-state index is -0.918. The summed E-state index contributed by atoms with van der Waals surface area (Å²) < 4.78 is 12.9. The second kappa shape index (κ2) is 15.9. The standard InChI is InChI=1S/C39H46N6O6/c1-25-14-19-33(50-24-34(40)46)29(21-25)35-30(23-44(5)43-35)27-15-17-28(18-16-27)41-36(47)32-13-9-10-20-45(32)37(48)31(22-26-11-7-6-8-12-26)42-38(49)51-39(2,3)4/h6-8,11-12,14-19,21,23,31-32H,9-10,13,20,22,24H2,1-5H3,(H2,40,46)(H,41,47)(H,42,49)/t31-,32?/m0/s1. The number of anilines is 1. The fraction of sp³-hybridized carbons (Fsp3) is 0.359. The van der Waals surface area contributed by atoms with E-state index in [9.17, 15) is 19.2 Å². The van der Waals surface area contributed by atoms with Gasteiger partial charge in [0.05, 0.1) is 0 Å². The van der Waals surface area contributed by atoms with Crippen molar-refractivity contribution in [3.8, 4) is 28.1 Å². The highest BCUT2D eigenvalue weighted by molar-refractivity contribution is 5.98. The van der Waals surface area contributed by atoms with Crippen molar-refractivity contribution in [2.24, 2.45) is 12.8 Å². The molecule has 0 bridgehead atoms. The molecule has 1 unspecified atom stereocenters. The highest BCUT2D eigenvalue weighted by atomic mass is 16.6. The molecular weight excluding hydrogens is 648 g/mol. The van der Waals surface area contributed by atoms with Crippen LogP contribution in [0.2, 0.25) is 0 Å². The van der Waals surface area contributed by atoms with Crippen molar-refractivity contribution in [1.82, 2.24) is 20.0 Å². The number of nitrogens with two attached hydrogens (primary N) is 1. The van der Waals surface area contributed by atoms with Gasteiger partial charge in [0.25, 0.3) is 5.91 Å². The Morgan fingerprint density at radius 2 is 1.71 bits per heavy atom. The Hall–Kier alpha value is -5.65. The van der Waals surface area contributed by atoms with Crippen LogP contribution < -0.4 is 21.1 Å². The summed E-state index contributed by atoms with van der Waals surface area (Å²) in [5, 5.41) is 10.5. The minimum absolute atomic E-state index is 0.253. The van der Waals surface area contributed by atoms with Crippen LogP contribution in [0.15, 0.2) is 79.0 Å². The number of piperidine rings is 1. The van der Waals surface area contributed by atoms with E-state index in [-0.39, 0.29) is 24.8 Å². The zero-order valence-corrected chi connectivity index (χ0v) is 29.8. The van der Waals surface area contributed by atoms with Gasteiger partial charge in [-0.1, -0.05) is 54.1 Å². The highest BCUT2D eigenvalue weighted by Crippen LogP contribution is 2.37. The predicted molar refractivity (Wildman–Crippen MR) is 195 cm³/mol. The number of aromatic nitrogens is 2. The molecule has 2 heterocycles. The van der Waals surface area contributed by atoms with E-state index in [2.05, 4.69) is 10.6 Å². The molecule has 0 saturated carbocycles. The number of nitrogens with zero attached hydrogens (tertiary/aromatic N) is 3. The summed E-state index contributed by atoms with van der Waals surface area (Å²) in [6.07, 6.45) is 3.49. The molecule has 1 fully saturated rings. The number of carbonyl (C=O) groups excluding carboxylic acids is 4. The van der Waals surface area contributed by atoms with Crippen molar-refractivity contribution in [2.45, 2.75) is 71.1 Å². The van der Waals surface area contributed by atoms with Gasteiger partial charge in [0.2, 0.25) is 11.8 Å². The lowest BCUT2D eigenvalue weighted by atomic mass is 9.97. The van der Waals surface area contributed by atoms with Gasteiger partial charge >= 0.3 is 6.09 Å². The number of nitrogens with one attached hydrogen (secondary N) is 2. The van der Waals surface area contributed by atoms with E-state index in [1.165, 1.54) is 0 Å². The molecule has 0 radical (unpaired) electrons. The van der Waals surface area contributed by atoms with Gasteiger partial charge in [0.1, 0.15) is 29.1 Å². The maximum atomic E-state index is 14.1. The predicted octanol–water partition coefficient (Wildman–Crippen LogP) is 5.38. The summed E-state index contributed by atoms with van der Waals surface area (Å²) >= 11 is 0. The Labute approximate surface area is 298 Å². The quantitative estimate of drug-likeness (QED) is 0.190. The molecule has 3 aromatic carbocycles. The van der Waals surface area contributed by atoms with Gasteiger partial charge in [0.15, 0.2) is 6.61 Å². The molecule has 1 aromatic heterocycles. The van der Waals surface area contributed by atoms with E-state index in [0.717, 1.165) is 40.7 Å². The largest absolute Gasteiger partial charge is 0.483 e. The van der Waals surface area contributed by atoms with Crippen LogP contribution in [0.1, 0.15) is 51.2 Å². The second-order valence-electron chi connectivity index (χ2n) is 13.8. The third-order valence-corrected chi connectivity index (χ3v) is 8.41. The average Bonchev–Trinajstić information content (AvgIpc) is 3.48. The van der Waals surface area contributed by atoms with Crippen LogP contribution in [0.5, 0.6) is 5.75 Å². The van der Waals surface area contributed by atoms with Crippen LogP contribution >= 0.6 is 0 Å². The third-order valence-electron chi connectivity index (χ3n) is 8.41. The maximum absolute atomic E-state index is 14.1. The molecule has 5 rings (SSSR count). The molecule has 12 nitrogen and oxygen atoms in total. The van der Waals surface area contributed by atoms with E-state index in [4.69, 9.17) is 20.3 Å². The zero-order valence-electron chi connectivity index (χ0n) is 29.8. The number of primary amides is 1. The SMILES string of the molecule is Cc1ccc(OCC(N)=O)c(-c2nn(C)cc2-c2ccc(NC(=O)C3CCCCN3C(=O)[C@H](Cc3ccccc3)NC(=O)OC(C)(C)C)cc2)c1. The Morgan fingerprint density at radius 3 is 2.39 bits per heavy atom. The van der Waals surface area contributed by atoms with Crippen molar-refractivity contribution in [2.75, 3.05) is 18.5 Å². The number of amides is 4. The molecule has 1 aliphatic rings. The minimum Gasteiger partial charge on any atom is -0.483 e. The number of carbonyl (C=O) groups is 4. The van der Waals surface area contributed by atoms with Crippen molar-refractivity contribution in [3.63, 3.8) is 0 Å². The molecule has 1 saturated heterocycles. The number of aryl methyl sites for hydroxylation is 2. The lowest BCUT2D eigenvalue weighted by molar-refractivity contribution is -0.142. The first-order valence-corrected chi connectivity index (χ1v) is 17.1. The van der Waals surface area contributed by atoms with Gasteiger partial charge in [-0.05, 0) is 82.3 Å². The van der Waals surface area contributed by atoms with Gasteiger partial charge in [0, 0.05) is 43.0 Å². The summed E-state index contributed by atoms with van der Waals surface area (Å²) in [6, 6.07) is 20.8. The maximum Gasteiger partial charge on any atom is 0.408 e. The third kappa shape index (κ3) is 9.74. The van der Waals surface area contributed by atoms with E-state index < -0.39 is 29.7 Å². The van der Waals surface area contributed by atoms with E-state index >= 15 is 0 Å². The first-order valence-electron chi connectivity index (χ1n) is 17.1. The van der Waals surface area contributed by atoms with Crippen molar-refractivity contribution in [3.05, 3.63) is 90.1 Å². The Morgan fingerprint density at radius 1 is 0.980 bits per heavy atom. The molecular formula is C39H46N6O6. The summed E-state index contributed by atoms with van der Waals surface area (Å²) in [5.74, 6) is -0.725. The Kier molecular flexibility index (Phi) is 11.4. The molecule has 4 amide bonds. The molecule has 4 N–H and O–H groups in total. The molecule has 1 aliphatic heterocycles. The van der Waals surface area contributed by atoms with Gasteiger partial charge in [-0.15, -0.1) is 0 Å². The molecule has 51 heavy (non-hydrogen) atoms. The fourth-order valence-corrected chi connectivity index (χ4v) is 6.13. The van der Waals surface area contributed by atoms with Gasteiger partial charge in [-0.25, -0.2) is 4.79 Å². The van der Waals surface area contributed by atoms with E-state index in [0.29, 0.717) is 30.1 Å². The fourth-order valence-electron chi connectivity index (χ4n) is 6.13. The molecule has 0 aliphatic carbocycles. The lowest BCUT2D eigenvalue weighted by Crippen LogP contribution is -2.57. The smallest absolute Gasteiger partial charge is 0.408 e. The van der Waals surface area contributed by atoms with Gasteiger partial charge in [-0.3, -0.25) is 19.1 Å². The molecule has 12 heteroatoms. The van der Waals surface area contributed by atoms with Gasteiger partial charge in [-0.2, -0.15) is 5.10 Å². The first kappa shape index (κ1) is 36.6. The van der Waals surface area contributed by atoms with E-state index in [1.54, 1.807) is 36.4 Å². The summed E-state index contributed by atoms with van der Waals surface area (Å²) in [7, 11) is 1.83. The summed E-state index contributed by atoms with van der Waals surface area (Å²) in [4.78, 5) is 53.7. The Bertz CT molecular complexity index is 1870. The normalized spacial score (nSPS) is 15.1. The molecule has 4 aromatic rings. The van der Waals surface area contributed by atoms with Crippen LogP contribution in [-0.2, 0) is 32.6 Å². The topological polar surface area (TPSA) is 158 Å². The molecule has 268 valence electrons. The molecule has 2 atom stereocenters. The monoisotopic (exact) mass is 694 g/mol. The molecule has 0 spiro atoms. The average molecular weight is 695 g/mol. The number of rotatable bonds is 11. The van der Waals surface area contributed by atoms with E-state index in [1.807, 2.05) is 86.9 Å². The van der Waals surface area contributed by atoms with Crippen LogP contribution in [0.3, 0.4) is 0 Å². The lowest BCUT2D eigenvalue weighted by Gasteiger charge is -2.37. The first-order chi connectivity index (χ1) is 24.3. The van der Waals surface area contributed by atoms with Crippen LogP contribution in [0, 0.1) is 6.92 Å². The van der Waals surface area contributed by atoms with Crippen molar-refractivity contribution >= 4 is 29.5 Å². The summed E-state index contributed by atoms with van der Waals surface area (Å²) in [6.45, 7) is 7.38. The Balaban J connectivity index is 1.34. The van der Waals surface area contributed by atoms with Crippen LogP contribution in [0.25, 0.3) is 22.4 Å². The zero-order chi connectivity index (χ0) is 36.7. The number of likely N-dealkylation sites (tertiary alicyclic amines) is 1. The highest BCUT2D eigenvalue weighted by Gasteiger charge is 2.37. The van der Waals surface area contributed by atoms with Crippen molar-refractivity contribution < 1.29 is 28.7 Å².